The molecule has 0 aromatic heterocycles. The van der Waals surface area contributed by atoms with E-state index >= 15 is 0 Å². The average Bonchev–Trinajstić information content (AvgIpc) is 2.68. The number of hydrogen-bond donors (Lipinski definition) is 0. The van der Waals surface area contributed by atoms with Crippen molar-refractivity contribution < 1.29 is 9.59 Å². The molecule has 3 aromatic rings. The van der Waals surface area contributed by atoms with Gasteiger partial charge in [-0.15, -0.1) is 0 Å². The van der Waals surface area contributed by atoms with Crippen molar-refractivity contribution in [2.75, 3.05) is 0 Å². The molecule has 0 fully saturated rings. The fourth-order valence-electron chi connectivity index (χ4n) is 2.70. The number of thioether (sulfide) groups is 2. The molecule has 0 amide bonds. The van der Waals surface area contributed by atoms with Gasteiger partial charge in [0.2, 0.25) is 10.2 Å². The minimum absolute atomic E-state index is 0.0262. The number of benzene rings is 3. The van der Waals surface area contributed by atoms with Gasteiger partial charge in [0.25, 0.3) is 0 Å². The first-order chi connectivity index (χ1) is 13.4. The molecular weight excluding hydrogens is 384 g/mol. The van der Waals surface area contributed by atoms with Gasteiger partial charge in [-0.1, -0.05) is 55.6 Å². The quantitative estimate of drug-likeness (QED) is 0.342. The molecule has 28 heavy (non-hydrogen) atoms. The highest BCUT2D eigenvalue weighted by Gasteiger charge is 2.12. The Morgan fingerprint density at radius 2 is 1.29 bits per heavy atom. The molecule has 0 aliphatic rings. The molecule has 0 N–H and O–H groups in total. The maximum absolute atomic E-state index is 12.1. The number of hydrogen-bond acceptors (Lipinski definition) is 4. The molecule has 0 aliphatic heterocycles. The van der Waals surface area contributed by atoms with Crippen molar-refractivity contribution in [1.29, 1.82) is 0 Å². The highest BCUT2D eigenvalue weighted by Crippen LogP contribution is 2.36. The van der Waals surface area contributed by atoms with Crippen molar-refractivity contribution in [2.45, 2.75) is 23.6 Å². The van der Waals surface area contributed by atoms with Crippen LogP contribution in [-0.4, -0.2) is 10.2 Å². The van der Waals surface area contributed by atoms with Gasteiger partial charge in [-0.3, -0.25) is 9.59 Å². The Morgan fingerprint density at radius 1 is 0.714 bits per heavy atom. The molecule has 0 unspecified atom stereocenters. The molecule has 0 heterocycles. The van der Waals surface area contributed by atoms with Gasteiger partial charge in [-0.2, -0.15) is 0 Å². The van der Waals surface area contributed by atoms with E-state index < -0.39 is 0 Å². The van der Waals surface area contributed by atoms with Crippen LogP contribution in [0.2, 0.25) is 0 Å². The van der Waals surface area contributed by atoms with E-state index in [-0.39, 0.29) is 10.2 Å². The second-order valence-corrected chi connectivity index (χ2v) is 8.58. The summed E-state index contributed by atoms with van der Waals surface area (Å²) in [7, 11) is 0. The lowest BCUT2D eigenvalue weighted by atomic mass is 9.98. The molecule has 0 spiro atoms. The van der Waals surface area contributed by atoms with Crippen LogP contribution in [0.4, 0.5) is 0 Å². The normalized spacial score (nSPS) is 10.6. The van der Waals surface area contributed by atoms with Gasteiger partial charge < -0.3 is 0 Å². The second kappa shape index (κ2) is 8.63. The first-order valence-corrected chi connectivity index (χ1v) is 10.4. The van der Waals surface area contributed by atoms with E-state index in [9.17, 15) is 9.59 Å². The predicted molar refractivity (Wildman–Crippen MR) is 121 cm³/mol. The second-order valence-electron chi connectivity index (χ2n) is 6.52. The minimum Gasteiger partial charge on any atom is -0.282 e. The molecule has 0 bridgehead atoms. The maximum atomic E-state index is 12.1. The van der Waals surface area contributed by atoms with Gasteiger partial charge in [0, 0.05) is 9.79 Å². The van der Waals surface area contributed by atoms with E-state index in [2.05, 4.69) is 19.2 Å². The Hall–Kier alpha value is -2.56. The van der Waals surface area contributed by atoms with Crippen LogP contribution < -0.4 is 0 Å². The third kappa shape index (κ3) is 4.46. The first-order valence-electron chi connectivity index (χ1n) is 8.74. The van der Waals surface area contributed by atoms with E-state index in [0.717, 1.165) is 31.7 Å². The summed E-state index contributed by atoms with van der Waals surface area (Å²) in [4.78, 5) is 25.8. The number of carbonyl (C=O) groups is 2. The third-order valence-corrected chi connectivity index (χ3v) is 6.31. The largest absolute Gasteiger partial charge is 0.282 e. The van der Waals surface area contributed by atoms with Crippen LogP contribution in [-0.2, 0) is 9.59 Å². The van der Waals surface area contributed by atoms with E-state index in [0.29, 0.717) is 11.1 Å². The zero-order valence-electron chi connectivity index (χ0n) is 15.8. The zero-order valence-corrected chi connectivity index (χ0v) is 17.5. The lowest BCUT2D eigenvalue weighted by Crippen LogP contribution is -1.93. The summed E-state index contributed by atoms with van der Waals surface area (Å²) >= 11 is 2.39. The SMILES string of the molecule is C=C(C)C(=O)Sc1ccc(-c2ccc(SC(=O)C(=C)C)c3ccccc23)cc1. The van der Waals surface area contributed by atoms with Gasteiger partial charge in [-0.05, 0) is 88.6 Å². The van der Waals surface area contributed by atoms with Crippen molar-refractivity contribution in [1.82, 2.24) is 0 Å². The van der Waals surface area contributed by atoms with Gasteiger partial charge in [0.15, 0.2) is 0 Å². The monoisotopic (exact) mass is 404 g/mol. The van der Waals surface area contributed by atoms with Gasteiger partial charge in [-0.25, -0.2) is 0 Å². The number of rotatable bonds is 5. The number of carbonyl (C=O) groups excluding carboxylic acids is 2. The van der Waals surface area contributed by atoms with Gasteiger partial charge in [0.05, 0.1) is 0 Å². The van der Waals surface area contributed by atoms with Crippen molar-refractivity contribution in [3.05, 3.63) is 85.0 Å². The van der Waals surface area contributed by atoms with Crippen molar-refractivity contribution in [3.63, 3.8) is 0 Å². The Morgan fingerprint density at radius 3 is 1.89 bits per heavy atom. The molecule has 0 aliphatic carbocycles. The summed E-state index contributed by atoms with van der Waals surface area (Å²) in [5.74, 6) is 0. The Kier molecular flexibility index (Phi) is 6.22. The summed E-state index contributed by atoms with van der Waals surface area (Å²) < 4.78 is 0. The maximum Gasteiger partial charge on any atom is 0.219 e. The Bertz CT molecular complexity index is 1100. The van der Waals surface area contributed by atoms with Gasteiger partial charge >= 0.3 is 0 Å². The smallest absolute Gasteiger partial charge is 0.219 e. The molecule has 3 rings (SSSR count). The molecule has 3 aromatic carbocycles. The van der Waals surface area contributed by atoms with Crippen LogP contribution in [0.3, 0.4) is 0 Å². The summed E-state index contributed by atoms with van der Waals surface area (Å²) in [5.41, 5.74) is 3.23. The zero-order chi connectivity index (χ0) is 20.3. The molecule has 140 valence electrons. The third-order valence-electron chi connectivity index (χ3n) is 4.16. The van der Waals surface area contributed by atoms with Gasteiger partial charge in [0.1, 0.15) is 0 Å². The first kappa shape index (κ1) is 20.2. The summed E-state index contributed by atoms with van der Waals surface area (Å²) in [6.07, 6.45) is 0. The molecule has 0 saturated heterocycles. The van der Waals surface area contributed by atoms with E-state index in [1.165, 1.54) is 23.5 Å². The van der Waals surface area contributed by atoms with Crippen LogP contribution in [0, 0.1) is 0 Å². The van der Waals surface area contributed by atoms with E-state index in [4.69, 9.17) is 0 Å². The standard InChI is InChI=1S/C24H20O2S2/c1-15(2)23(25)27-18-11-9-17(10-12-18)19-13-14-22(28-24(26)16(3)4)21-8-6-5-7-20(19)21/h5-14H,1,3H2,2,4H3. The molecular formula is C24H20O2S2. The summed E-state index contributed by atoms with van der Waals surface area (Å²) in [5, 5.41) is 2.07. The van der Waals surface area contributed by atoms with Crippen molar-refractivity contribution >= 4 is 44.5 Å². The van der Waals surface area contributed by atoms with E-state index in [1.54, 1.807) is 13.8 Å². The van der Waals surface area contributed by atoms with Crippen LogP contribution in [0.5, 0.6) is 0 Å². The molecule has 4 heteroatoms. The predicted octanol–water partition coefficient (Wildman–Crippen LogP) is 6.90. The fraction of sp³-hybridized carbons (Fsp3) is 0.0833. The minimum atomic E-state index is -0.0264. The molecule has 0 radical (unpaired) electrons. The molecule has 2 nitrogen and oxygen atoms in total. The Labute approximate surface area is 173 Å². The lowest BCUT2D eigenvalue weighted by Gasteiger charge is -2.11. The topological polar surface area (TPSA) is 34.1 Å². The molecule has 0 saturated carbocycles. The highest BCUT2D eigenvalue weighted by molar-refractivity contribution is 8.14. The summed E-state index contributed by atoms with van der Waals surface area (Å²) in [6, 6.07) is 20.0. The van der Waals surface area contributed by atoms with Crippen molar-refractivity contribution in [2.24, 2.45) is 0 Å². The lowest BCUT2D eigenvalue weighted by molar-refractivity contribution is -0.108. The van der Waals surface area contributed by atoms with Crippen LogP contribution in [0.25, 0.3) is 21.9 Å². The van der Waals surface area contributed by atoms with Crippen LogP contribution >= 0.6 is 23.5 Å². The van der Waals surface area contributed by atoms with Crippen LogP contribution in [0.15, 0.2) is 94.8 Å². The average molecular weight is 405 g/mol. The fourth-order valence-corrected chi connectivity index (χ4v) is 4.15. The number of fused-ring (bicyclic) bond motifs is 1. The molecule has 0 atom stereocenters. The summed E-state index contributed by atoms with van der Waals surface area (Å²) in [6.45, 7) is 10.9. The van der Waals surface area contributed by atoms with Crippen molar-refractivity contribution in [3.8, 4) is 11.1 Å². The van der Waals surface area contributed by atoms with Crippen LogP contribution in [0.1, 0.15) is 13.8 Å². The highest BCUT2D eigenvalue weighted by atomic mass is 32.2. The Balaban J connectivity index is 1.98. The van der Waals surface area contributed by atoms with E-state index in [1.807, 2.05) is 54.6 Å².